The molecular weight excluding hydrogens is 262 g/mol. The standard InChI is InChI=1S/C17H21N3O/c1-12-11-14(13(2)19(12)3)17(21)20-10-6-8-16(20)15-7-4-5-9-18-15/h4-5,7,9,11,16H,6,8,10H2,1-3H3. The lowest BCUT2D eigenvalue weighted by Gasteiger charge is -2.24. The van der Waals surface area contributed by atoms with E-state index in [-0.39, 0.29) is 11.9 Å². The van der Waals surface area contributed by atoms with Gasteiger partial charge in [0.15, 0.2) is 0 Å². The first-order valence-corrected chi connectivity index (χ1v) is 7.44. The Balaban J connectivity index is 1.92. The van der Waals surface area contributed by atoms with Gasteiger partial charge in [-0.15, -0.1) is 0 Å². The minimum atomic E-state index is 0.110. The summed E-state index contributed by atoms with van der Waals surface area (Å²) in [6.07, 6.45) is 3.83. The van der Waals surface area contributed by atoms with Crippen molar-refractivity contribution < 1.29 is 4.79 Å². The van der Waals surface area contributed by atoms with Gasteiger partial charge in [0.2, 0.25) is 0 Å². The van der Waals surface area contributed by atoms with Crippen LogP contribution in [0.2, 0.25) is 0 Å². The van der Waals surface area contributed by atoms with Gasteiger partial charge in [-0.25, -0.2) is 0 Å². The molecule has 0 N–H and O–H groups in total. The zero-order valence-electron chi connectivity index (χ0n) is 12.8. The van der Waals surface area contributed by atoms with Crippen LogP contribution in [0.3, 0.4) is 0 Å². The summed E-state index contributed by atoms with van der Waals surface area (Å²) < 4.78 is 2.07. The second-order valence-electron chi connectivity index (χ2n) is 5.75. The first kappa shape index (κ1) is 13.9. The van der Waals surface area contributed by atoms with Gasteiger partial charge in [0, 0.05) is 31.2 Å². The topological polar surface area (TPSA) is 38.1 Å². The first-order valence-electron chi connectivity index (χ1n) is 7.44. The van der Waals surface area contributed by atoms with Crippen molar-refractivity contribution in [1.82, 2.24) is 14.5 Å². The molecule has 1 aliphatic heterocycles. The van der Waals surface area contributed by atoms with Gasteiger partial charge in [-0.05, 0) is 44.9 Å². The molecule has 2 aromatic heterocycles. The number of likely N-dealkylation sites (tertiary alicyclic amines) is 1. The van der Waals surface area contributed by atoms with Gasteiger partial charge in [0.1, 0.15) is 0 Å². The maximum atomic E-state index is 12.9. The monoisotopic (exact) mass is 283 g/mol. The third-order valence-electron chi connectivity index (χ3n) is 4.55. The third kappa shape index (κ3) is 2.35. The predicted molar refractivity (Wildman–Crippen MR) is 82.1 cm³/mol. The minimum absolute atomic E-state index is 0.110. The van der Waals surface area contributed by atoms with Crippen LogP contribution in [-0.4, -0.2) is 26.9 Å². The van der Waals surface area contributed by atoms with Gasteiger partial charge in [-0.2, -0.15) is 0 Å². The Morgan fingerprint density at radius 3 is 2.76 bits per heavy atom. The summed E-state index contributed by atoms with van der Waals surface area (Å²) in [5.41, 5.74) is 3.96. The molecule has 21 heavy (non-hydrogen) atoms. The van der Waals surface area contributed by atoms with Crippen LogP contribution < -0.4 is 0 Å². The number of hydrogen-bond acceptors (Lipinski definition) is 2. The van der Waals surface area contributed by atoms with E-state index < -0.39 is 0 Å². The van der Waals surface area contributed by atoms with E-state index in [1.807, 2.05) is 50.1 Å². The number of amides is 1. The fourth-order valence-electron chi connectivity index (χ4n) is 3.12. The maximum absolute atomic E-state index is 12.9. The molecule has 0 saturated carbocycles. The number of aromatic nitrogens is 2. The SMILES string of the molecule is Cc1cc(C(=O)N2CCCC2c2ccccn2)c(C)n1C. The van der Waals surface area contributed by atoms with Crippen LogP contribution in [0.25, 0.3) is 0 Å². The summed E-state index contributed by atoms with van der Waals surface area (Å²) in [6, 6.07) is 8.01. The largest absolute Gasteiger partial charge is 0.351 e. The van der Waals surface area contributed by atoms with Crippen LogP contribution in [0.5, 0.6) is 0 Å². The van der Waals surface area contributed by atoms with Gasteiger partial charge in [-0.3, -0.25) is 9.78 Å². The van der Waals surface area contributed by atoms with Gasteiger partial charge in [-0.1, -0.05) is 6.07 Å². The molecule has 1 aliphatic rings. The van der Waals surface area contributed by atoms with Crippen LogP contribution in [0.1, 0.15) is 46.3 Å². The maximum Gasteiger partial charge on any atom is 0.256 e. The van der Waals surface area contributed by atoms with Crippen LogP contribution in [0.4, 0.5) is 0 Å². The number of carbonyl (C=O) groups excluding carboxylic acids is 1. The Morgan fingerprint density at radius 2 is 2.14 bits per heavy atom. The molecule has 1 atom stereocenters. The summed E-state index contributed by atoms with van der Waals surface area (Å²) in [7, 11) is 2.00. The zero-order chi connectivity index (χ0) is 15.0. The van der Waals surface area contributed by atoms with Crippen LogP contribution in [0, 0.1) is 13.8 Å². The second kappa shape index (κ2) is 5.35. The summed E-state index contributed by atoms with van der Waals surface area (Å²) in [6.45, 7) is 4.85. The van der Waals surface area contributed by atoms with Crippen molar-refractivity contribution in [3.8, 4) is 0 Å². The second-order valence-corrected chi connectivity index (χ2v) is 5.75. The Labute approximate surface area is 125 Å². The van der Waals surface area contributed by atoms with Crippen LogP contribution in [-0.2, 0) is 7.05 Å². The highest BCUT2D eigenvalue weighted by molar-refractivity contribution is 5.96. The average Bonchev–Trinajstić information content (AvgIpc) is 3.09. The molecule has 0 aliphatic carbocycles. The van der Waals surface area contributed by atoms with E-state index in [0.29, 0.717) is 0 Å². The Morgan fingerprint density at radius 1 is 1.33 bits per heavy atom. The van der Waals surface area contributed by atoms with E-state index in [9.17, 15) is 4.79 Å². The highest BCUT2D eigenvalue weighted by Crippen LogP contribution is 2.32. The van der Waals surface area contributed by atoms with Crippen molar-refractivity contribution in [2.24, 2.45) is 7.05 Å². The lowest BCUT2D eigenvalue weighted by atomic mass is 10.1. The van der Waals surface area contributed by atoms with Crippen LogP contribution in [0.15, 0.2) is 30.5 Å². The first-order chi connectivity index (χ1) is 10.1. The molecule has 0 radical (unpaired) electrons. The summed E-state index contributed by atoms with van der Waals surface area (Å²) in [5.74, 6) is 0.129. The lowest BCUT2D eigenvalue weighted by Crippen LogP contribution is -2.31. The normalized spacial score (nSPS) is 18.2. The number of rotatable bonds is 2. The fraction of sp³-hybridized carbons (Fsp3) is 0.412. The van der Waals surface area contributed by atoms with Crippen molar-refractivity contribution >= 4 is 5.91 Å². The highest BCUT2D eigenvalue weighted by atomic mass is 16.2. The predicted octanol–water partition coefficient (Wildman–Crippen LogP) is 3.01. The summed E-state index contributed by atoms with van der Waals surface area (Å²) in [5, 5.41) is 0. The molecule has 0 aromatic carbocycles. The number of aryl methyl sites for hydroxylation is 1. The van der Waals surface area contributed by atoms with Gasteiger partial charge < -0.3 is 9.47 Å². The lowest BCUT2D eigenvalue weighted by molar-refractivity contribution is 0.0732. The van der Waals surface area contributed by atoms with Crippen molar-refractivity contribution in [2.45, 2.75) is 32.7 Å². The Hall–Kier alpha value is -2.10. The zero-order valence-corrected chi connectivity index (χ0v) is 12.8. The van der Waals surface area contributed by atoms with Crippen LogP contribution >= 0.6 is 0 Å². The molecule has 1 fully saturated rings. The summed E-state index contributed by atoms with van der Waals surface area (Å²) >= 11 is 0. The molecule has 1 saturated heterocycles. The highest BCUT2D eigenvalue weighted by Gasteiger charge is 2.32. The fourth-order valence-corrected chi connectivity index (χ4v) is 3.12. The quantitative estimate of drug-likeness (QED) is 0.849. The molecule has 0 bridgehead atoms. The van der Waals surface area contributed by atoms with Gasteiger partial charge in [0.25, 0.3) is 5.91 Å². The summed E-state index contributed by atoms with van der Waals surface area (Å²) in [4.78, 5) is 19.3. The molecule has 0 spiro atoms. The van der Waals surface area contributed by atoms with E-state index in [1.54, 1.807) is 6.20 Å². The molecule has 1 unspecified atom stereocenters. The van der Waals surface area contributed by atoms with Gasteiger partial charge in [0.05, 0.1) is 17.3 Å². The van der Waals surface area contributed by atoms with E-state index in [4.69, 9.17) is 0 Å². The van der Waals surface area contributed by atoms with Crippen molar-refractivity contribution in [1.29, 1.82) is 0 Å². The third-order valence-corrected chi connectivity index (χ3v) is 4.55. The van der Waals surface area contributed by atoms with Crippen molar-refractivity contribution in [3.63, 3.8) is 0 Å². The molecule has 4 nitrogen and oxygen atoms in total. The number of hydrogen-bond donors (Lipinski definition) is 0. The molecule has 3 heterocycles. The van der Waals surface area contributed by atoms with E-state index >= 15 is 0 Å². The average molecular weight is 283 g/mol. The smallest absolute Gasteiger partial charge is 0.256 e. The number of nitrogens with zero attached hydrogens (tertiary/aromatic N) is 3. The van der Waals surface area contributed by atoms with E-state index in [2.05, 4.69) is 9.55 Å². The molecular formula is C17H21N3O. The van der Waals surface area contributed by atoms with Crippen molar-refractivity contribution in [2.75, 3.05) is 6.54 Å². The molecule has 2 aromatic rings. The molecule has 4 heteroatoms. The molecule has 1 amide bonds. The Kier molecular flexibility index (Phi) is 3.53. The van der Waals surface area contributed by atoms with E-state index in [0.717, 1.165) is 42.0 Å². The van der Waals surface area contributed by atoms with E-state index in [1.165, 1.54) is 0 Å². The Bertz CT molecular complexity index is 660. The van der Waals surface area contributed by atoms with Crippen molar-refractivity contribution in [3.05, 3.63) is 53.1 Å². The minimum Gasteiger partial charge on any atom is -0.351 e. The number of carbonyl (C=O) groups is 1. The number of pyridine rings is 1. The molecule has 110 valence electrons. The van der Waals surface area contributed by atoms with Gasteiger partial charge >= 0.3 is 0 Å². The molecule has 3 rings (SSSR count).